The van der Waals surface area contributed by atoms with Crippen LogP contribution in [0.15, 0.2) is 24.3 Å². The molecule has 1 aromatic heterocycles. The van der Waals surface area contributed by atoms with Crippen molar-refractivity contribution in [2.75, 3.05) is 6.61 Å². The lowest BCUT2D eigenvalue weighted by molar-refractivity contribution is 0.327. The molecule has 80 valence electrons. The third-order valence-electron chi connectivity index (χ3n) is 2.34. The van der Waals surface area contributed by atoms with Crippen molar-refractivity contribution in [2.24, 2.45) is 0 Å². The molecule has 0 unspecified atom stereocenters. The Morgan fingerprint density at radius 2 is 2.19 bits per heavy atom. The van der Waals surface area contributed by atoms with Crippen LogP contribution < -0.4 is 4.74 Å². The Morgan fingerprint density at radius 3 is 2.88 bits per heavy atom. The third kappa shape index (κ3) is 1.82. The summed E-state index contributed by atoms with van der Waals surface area (Å²) in [4.78, 5) is 4.35. The van der Waals surface area contributed by atoms with E-state index in [1.807, 2.05) is 38.1 Å². The average Bonchev–Trinajstić information content (AvgIpc) is 2.28. The molecule has 0 saturated carbocycles. The van der Waals surface area contributed by atoms with Crippen molar-refractivity contribution >= 4 is 10.9 Å². The molecule has 1 heterocycles. The van der Waals surface area contributed by atoms with Crippen molar-refractivity contribution in [3.63, 3.8) is 0 Å². The first kappa shape index (κ1) is 10.4. The molecule has 0 N–H and O–H groups in total. The summed E-state index contributed by atoms with van der Waals surface area (Å²) >= 11 is 0. The average molecular weight is 212 g/mol. The van der Waals surface area contributed by atoms with Crippen LogP contribution in [-0.4, -0.2) is 11.6 Å². The second kappa shape index (κ2) is 4.19. The fraction of sp³-hybridized carbons (Fsp3) is 0.231. The normalized spacial score (nSPS) is 10.1. The lowest BCUT2D eigenvalue weighted by atomic mass is 10.1. The standard InChI is InChI=1S/C13H12N2O/c1-3-16-13-11(8-14)7-10-5-4-9(2)6-12(10)15-13/h4-7H,3H2,1-2H3. The van der Waals surface area contributed by atoms with Crippen molar-refractivity contribution < 1.29 is 4.74 Å². The van der Waals surface area contributed by atoms with Crippen LogP contribution in [-0.2, 0) is 0 Å². The molecule has 0 amide bonds. The zero-order valence-electron chi connectivity index (χ0n) is 9.32. The maximum atomic E-state index is 8.99. The van der Waals surface area contributed by atoms with E-state index >= 15 is 0 Å². The minimum atomic E-state index is 0.420. The van der Waals surface area contributed by atoms with Crippen LogP contribution in [0.5, 0.6) is 5.88 Å². The zero-order chi connectivity index (χ0) is 11.5. The molecule has 0 atom stereocenters. The quantitative estimate of drug-likeness (QED) is 0.768. The van der Waals surface area contributed by atoms with E-state index in [2.05, 4.69) is 11.1 Å². The molecule has 0 spiro atoms. The van der Waals surface area contributed by atoms with Crippen LogP contribution in [0.4, 0.5) is 0 Å². The highest BCUT2D eigenvalue weighted by molar-refractivity contribution is 5.81. The molecule has 0 fully saturated rings. The predicted octanol–water partition coefficient (Wildman–Crippen LogP) is 2.81. The maximum absolute atomic E-state index is 8.99. The first-order valence-electron chi connectivity index (χ1n) is 5.19. The first-order chi connectivity index (χ1) is 7.74. The number of nitrogens with zero attached hydrogens (tertiary/aromatic N) is 2. The van der Waals surface area contributed by atoms with Gasteiger partial charge in [0.2, 0.25) is 5.88 Å². The van der Waals surface area contributed by atoms with Gasteiger partial charge in [0, 0.05) is 5.39 Å². The summed E-state index contributed by atoms with van der Waals surface area (Å²) in [6, 6.07) is 9.87. The Kier molecular flexibility index (Phi) is 2.74. The zero-order valence-corrected chi connectivity index (χ0v) is 9.32. The van der Waals surface area contributed by atoms with Gasteiger partial charge in [0.05, 0.1) is 12.1 Å². The smallest absolute Gasteiger partial charge is 0.232 e. The number of benzene rings is 1. The van der Waals surface area contributed by atoms with E-state index in [9.17, 15) is 0 Å². The molecule has 3 nitrogen and oxygen atoms in total. The number of rotatable bonds is 2. The number of nitriles is 1. The van der Waals surface area contributed by atoms with Crippen molar-refractivity contribution in [3.8, 4) is 11.9 Å². The summed E-state index contributed by atoms with van der Waals surface area (Å²) in [6.45, 7) is 4.40. The second-order valence-corrected chi connectivity index (χ2v) is 3.58. The SMILES string of the molecule is CCOc1nc2cc(C)ccc2cc1C#N. The molecular weight excluding hydrogens is 200 g/mol. The van der Waals surface area contributed by atoms with Crippen molar-refractivity contribution in [2.45, 2.75) is 13.8 Å². The van der Waals surface area contributed by atoms with Crippen LogP contribution in [0, 0.1) is 18.3 Å². The summed E-state index contributed by atoms with van der Waals surface area (Å²) < 4.78 is 5.34. The van der Waals surface area contributed by atoms with Gasteiger partial charge in [0.25, 0.3) is 0 Å². The molecule has 0 aliphatic rings. The Balaban J connectivity index is 2.66. The Morgan fingerprint density at radius 1 is 1.38 bits per heavy atom. The summed E-state index contributed by atoms with van der Waals surface area (Å²) in [5.74, 6) is 0.420. The van der Waals surface area contributed by atoms with E-state index in [4.69, 9.17) is 10.00 Å². The van der Waals surface area contributed by atoms with Gasteiger partial charge in [-0.15, -0.1) is 0 Å². The van der Waals surface area contributed by atoms with Gasteiger partial charge >= 0.3 is 0 Å². The molecule has 0 radical (unpaired) electrons. The fourth-order valence-corrected chi connectivity index (χ4v) is 1.59. The number of hydrogen-bond donors (Lipinski definition) is 0. The van der Waals surface area contributed by atoms with Crippen LogP contribution in [0.3, 0.4) is 0 Å². The van der Waals surface area contributed by atoms with Gasteiger partial charge in [-0.2, -0.15) is 5.26 Å². The Bertz CT molecular complexity index is 570. The van der Waals surface area contributed by atoms with Crippen LogP contribution >= 0.6 is 0 Å². The second-order valence-electron chi connectivity index (χ2n) is 3.58. The number of hydrogen-bond acceptors (Lipinski definition) is 3. The van der Waals surface area contributed by atoms with Crippen LogP contribution in [0.25, 0.3) is 10.9 Å². The summed E-state index contributed by atoms with van der Waals surface area (Å²) in [7, 11) is 0. The van der Waals surface area contributed by atoms with Gasteiger partial charge in [0.15, 0.2) is 0 Å². The molecule has 0 saturated heterocycles. The lowest BCUT2D eigenvalue weighted by Gasteiger charge is -2.06. The number of aromatic nitrogens is 1. The van der Waals surface area contributed by atoms with Gasteiger partial charge in [-0.3, -0.25) is 0 Å². The van der Waals surface area contributed by atoms with Crippen molar-refractivity contribution in [1.82, 2.24) is 4.98 Å². The molecular formula is C13H12N2O. The first-order valence-corrected chi connectivity index (χ1v) is 5.19. The van der Waals surface area contributed by atoms with E-state index in [1.165, 1.54) is 0 Å². The largest absolute Gasteiger partial charge is 0.477 e. The molecule has 2 rings (SSSR count). The van der Waals surface area contributed by atoms with Gasteiger partial charge in [-0.05, 0) is 31.5 Å². The molecule has 1 aromatic carbocycles. The van der Waals surface area contributed by atoms with Gasteiger partial charge in [-0.25, -0.2) is 4.98 Å². The van der Waals surface area contributed by atoms with Crippen molar-refractivity contribution in [3.05, 3.63) is 35.4 Å². The number of pyridine rings is 1. The molecule has 0 aliphatic carbocycles. The van der Waals surface area contributed by atoms with Gasteiger partial charge in [-0.1, -0.05) is 12.1 Å². The third-order valence-corrected chi connectivity index (χ3v) is 2.34. The molecule has 16 heavy (non-hydrogen) atoms. The highest BCUT2D eigenvalue weighted by Crippen LogP contribution is 2.22. The highest BCUT2D eigenvalue weighted by Gasteiger charge is 2.07. The molecule has 3 heteroatoms. The molecule has 2 aromatic rings. The minimum absolute atomic E-state index is 0.420. The predicted molar refractivity (Wildman–Crippen MR) is 62.4 cm³/mol. The minimum Gasteiger partial charge on any atom is -0.477 e. The van der Waals surface area contributed by atoms with Gasteiger partial charge < -0.3 is 4.74 Å². The lowest BCUT2D eigenvalue weighted by Crippen LogP contribution is -1.97. The molecule has 0 bridgehead atoms. The van der Waals surface area contributed by atoms with E-state index in [0.29, 0.717) is 18.1 Å². The van der Waals surface area contributed by atoms with Gasteiger partial charge in [0.1, 0.15) is 11.6 Å². The number of aryl methyl sites for hydroxylation is 1. The fourth-order valence-electron chi connectivity index (χ4n) is 1.59. The van der Waals surface area contributed by atoms with E-state index in [-0.39, 0.29) is 0 Å². The Labute approximate surface area is 94.3 Å². The van der Waals surface area contributed by atoms with E-state index in [0.717, 1.165) is 16.5 Å². The number of ether oxygens (including phenoxy) is 1. The summed E-state index contributed by atoms with van der Waals surface area (Å²) in [6.07, 6.45) is 0. The number of fused-ring (bicyclic) bond motifs is 1. The van der Waals surface area contributed by atoms with E-state index < -0.39 is 0 Å². The summed E-state index contributed by atoms with van der Waals surface area (Å²) in [5, 5.41) is 9.95. The topological polar surface area (TPSA) is 45.9 Å². The maximum Gasteiger partial charge on any atom is 0.232 e. The van der Waals surface area contributed by atoms with Crippen molar-refractivity contribution in [1.29, 1.82) is 5.26 Å². The van der Waals surface area contributed by atoms with Crippen LogP contribution in [0.2, 0.25) is 0 Å². The highest BCUT2D eigenvalue weighted by atomic mass is 16.5. The monoisotopic (exact) mass is 212 g/mol. The van der Waals surface area contributed by atoms with E-state index in [1.54, 1.807) is 0 Å². The molecule has 0 aliphatic heterocycles. The summed E-state index contributed by atoms with van der Waals surface area (Å²) in [5.41, 5.74) is 2.49. The Hall–Kier alpha value is -2.08. The van der Waals surface area contributed by atoms with Crippen LogP contribution in [0.1, 0.15) is 18.1 Å².